The smallest absolute Gasteiger partial charge is 0.245 e. The van der Waals surface area contributed by atoms with Gasteiger partial charge in [-0.25, -0.2) is 0 Å². The lowest BCUT2D eigenvalue weighted by molar-refractivity contribution is -0.146. The van der Waals surface area contributed by atoms with Gasteiger partial charge in [-0.1, -0.05) is 99.1 Å². The van der Waals surface area contributed by atoms with Crippen LogP contribution in [0.2, 0.25) is 0 Å². The molecule has 1 aromatic carbocycles. The molecule has 0 spiro atoms. The number of thioether (sulfide) groups is 1. The molecule has 4 amide bonds. The average Bonchev–Trinajstić information content (AvgIpc) is 3.53. The first-order chi connectivity index (χ1) is 24.3. The molecular formula is C41H71N5O5S. The Morgan fingerprint density at radius 1 is 0.981 bits per heavy atom. The molecule has 1 aromatic rings. The molecular weight excluding hydrogens is 675 g/mol. The van der Waals surface area contributed by atoms with Crippen molar-refractivity contribution >= 4 is 35.4 Å². The van der Waals surface area contributed by atoms with Gasteiger partial charge in [-0.05, 0) is 56.7 Å². The van der Waals surface area contributed by atoms with Gasteiger partial charge in [0.1, 0.15) is 6.04 Å². The van der Waals surface area contributed by atoms with Crippen LogP contribution in [-0.4, -0.2) is 114 Å². The van der Waals surface area contributed by atoms with Crippen LogP contribution in [0.5, 0.6) is 0 Å². The highest BCUT2D eigenvalue weighted by atomic mass is 32.2. The van der Waals surface area contributed by atoms with Crippen molar-refractivity contribution in [1.82, 2.24) is 25.3 Å². The van der Waals surface area contributed by atoms with Crippen LogP contribution < -0.4 is 10.6 Å². The molecule has 1 saturated heterocycles. The second-order valence-corrected chi connectivity index (χ2v) is 18.6. The number of nitrogens with one attached hydrogen (secondary N) is 2. The minimum absolute atomic E-state index is 0.000754. The van der Waals surface area contributed by atoms with E-state index in [0.29, 0.717) is 19.4 Å². The van der Waals surface area contributed by atoms with Gasteiger partial charge in [0, 0.05) is 44.3 Å². The highest BCUT2D eigenvalue weighted by Gasteiger charge is 2.40. The maximum Gasteiger partial charge on any atom is 0.245 e. The highest BCUT2D eigenvalue weighted by Crippen LogP contribution is 2.30. The van der Waals surface area contributed by atoms with E-state index in [1.165, 1.54) is 5.56 Å². The summed E-state index contributed by atoms with van der Waals surface area (Å²) in [6.07, 6.45) is 3.80. The van der Waals surface area contributed by atoms with E-state index in [2.05, 4.69) is 57.4 Å². The number of nitrogens with zero attached hydrogens (tertiary/aromatic N) is 3. The average molecular weight is 746 g/mol. The van der Waals surface area contributed by atoms with Crippen molar-refractivity contribution in [3.8, 4) is 0 Å². The van der Waals surface area contributed by atoms with Crippen molar-refractivity contribution < 1.29 is 23.9 Å². The Morgan fingerprint density at radius 3 is 2.13 bits per heavy atom. The molecule has 1 fully saturated rings. The molecule has 7 atom stereocenters. The molecule has 52 heavy (non-hydrogen) atoms. The summed E-state index contributed by atoms with van der Waals surface area (Å²) in [6.45, 7) is 19.1. The van der Waals surface area contributed by atoms with E-state index in [0.717, 1.165) is 25.7 Å². The SMILES string of the molecule is CCC(C)C(C(CC(=O)N1CCCC1CCC(=O)N[C@@H](Cc1ccccc1)SC(C)(C)C)OC)N(C)C(=O)C(NC(=O)C(C(C)C)N(C)C)C(C)C. The third-order valence-corrected chi connectivity index (χ3v) is 11.5. The van der Waals surface area contributed by atoms with Gasteiger partial charge in [0.25, 0.3) is 0 Å². The van der Waals surface area contributed by atoms with Crippen molar-refractivity contribution in [2.75, 3.05) is 34.8 Å². The van der Waals surface area contributed by atoms with Crippen molar-refractivity contribution in [2.45, 2.75) is 148 Å². The fraction of sp³-hybridized carbons (Fsp3) is 0.756. The van der Waals surface area contributed by atoms with Gasteiger partial charge in [-0.15, -0.1) is 11.8 Å². The second-order valence-electron chi connectivity index (χ2n) is 16.6. The fourth-order valence-electron chi connectivity index (χ4n) is 7.51. The van der Waals surface area contributed by atoms with Crippen molar-refractivity contribution in [3.63, 3.8) is 0 Å². The van der Waals surface area contributed by atoms with E-state index in [1.807, 2.05) is 69.8 Å². The summed E-state index contributed by atoms with van der Waals surface area (Å²) in [6, 6.07) is 8.73. The number of methoxy groups -OCH3 is 1. The number of likely N-dealkylation sites (N-methyl/N-ethyl adjacent to an activating group) is 2. The van der Waals surface area contributed by atoms with Crippen LogP contribution >= 0.6 is 11.8 Å². The molecule has 2 N–H and O–H groups in total. The summed E-state index contributed by atoms with van der Waals surface area (Å²) in [7, 11) is 7.11. The number of hydrogen-bond donors (Lipinski definition) is 2. The Bertz CT molecular complexity index is 1260. The molecule has 0 radical (unpaired) electrons. The molecule has 11 heteroatoms. The lowest BCUT2D eigenvalue weighted by atomic mass is 9.89. The van der Waals surface area contributed by atoms with Crippen LogP contribution in [0.3, 0.4) is 0 Å². The monoisotopic (exact) mass is 746 g/mol. The zero-order chi connectivity index (χ0) is 39.3. The summed E-state index contributed by atoms with van der Waals surface area (Å²) in [5.74, 6) is -0.419. The van der Waals surface area contributed by atoms with Crippen LogP contribution in [0.15, 0.2) is 30.3 Å². The molecule has 1 aliphatic rings. The second kappa shape index (κ2) is 21.3. The van der Waals surface area contributed by atoms with Gasteiger partial charge in [-0.2, -0.15) is 0 Å². The molecule has 2 rings (SSSR count). The number of likely N-dealkylation sites (tertiary alicyclic amines) is 1. The maximum atomic E-state index is 14.2. The third kappa shape index (κ3) is 14.0. The van der Waals surface area contributed by atoms with Gasteiger partial charge in [0.05, 0.1) is 30.0 Å². The van der Waals surface area contributed by atoms with Crippen molar-refractivity contribution in [3.05, 3.63) is 35.9 Å². The molecule has 10 nitrogen and oxygen atoms in total. The summed E-state index contributed by atoms with van der Waals surface area (Å²) in [5, 5.41) is 6.27. The lowest BCUT2D eigenvalue weighted by Crippen LogP contribution is -2.59. The summed E-state index contributed by atoms with van der Waals surface area (Å²) < 4.78 is 6.01. The Kier molecular flexibility index (Phi) is 18.7. The van der Waals surface area contributed by atoms with E-state index >= 15 is 0 Å². The minimum atomic E-state index is -0.721. The number of carbonyl (C=O) groups excluding carboxylic acids is 4. The Labute approximate surface area is 319 Å². The molecule has 0 aromatic heterocycles. The van der Waals surface area contributed by atoms with Crippen LogP contribution in [0.4, 0.5) is 0 Å². The summed E-state index contributed by atoms with van der Waals surface area (Å²) in [4.78, 5) is 60.3. The van der Waals surface area contributed by atoms with Crippen LogP contribution in [-0.2, 0) is 30.3 Å². The molecule has 6 unspecified atom stereocenters. The first-order valence-electron chi connectivity index (χ1n) is 19.4. The van der Waals surface area contributed by atoms with Crippen LogP contribution in [0, 0.1) is 17.8 Å². The first-order valence-corrected chi connectivity index (χ1v) is 20.3. The first kappa shape index (κ1) is 45.5. The Hall–Kier alpha value is -2.63. The lowest BCUT2D eigenvalue weighted by Gasteiger charge is -2.40. The normalized spacial score (nSPS) is 18.5. The maximum absolute atomic E-state index is 14.2. The van der Waals surface area contributed by atoms with Crippen molar-refractivity contribution in [1.29, 1.82) is 0 Å². The molecule has 0 bridgehead atoms. The molecule has 1 aliphatic heterocycles. The van der Waals surface area contributed by atoms with E-state index in [4.69, 9.17) is 4.74 Å². The fourth-order valence-corrected chi connectivity index (χ4v) is 8.83. The predicted octanol–water partition coefficient (Wildman–Crippen LogP) is 5.98. The zero-order valence-electron chi connectivity index (χ0n) is 34.5. The van der Waals surface area contributed by atoms with E-state index in [9.17, 15) is 19.2 Å². The molecule has 1 heterocycles. The number of benzene rings is 1. The van der Waals surface area contributed by atoms with Gasteiger partial charge in [0.2, 0.25) is 23.6 Å². The van der Waals surface area contributed by atoms with Crippen LogP contribution in [0.25, 0.3) is 0 Å². The zero-order valence-corrected chi connectivity index (χ0v) is 35.3. The molecule has 0 aliphatic carbocycles. The van der Waals surface area contributed by atoms with E-state index in [1.54, 1.807) is 30.8 Å². The van der Waals surface area contributed by atoms with Crippen molar-refractivity contribution in [2.24, 2.45) is 17.8 Å². The quantitative estimate of drug-likeness (QED) is 0.158. The molecule has 0 saturated carbocycles. The van der Waals surface area contributed by atoms with Gasteiger partial charge in [-0.3, -0.25) is 24.1 Å². The summed E-state index contributed by atoms with van der Waals surface area (Å²) in [5.41, 5.74) is 1.18. The number of rotatable bonds is 20. The highest BCUT2D eigenvalue weighted by molar-refractivity contribution is 8.01. The Morgan fingerprint density at radius 2 is 1.62 bits per heavy atom. The standard InChI is InChI=1S/C41H71N5O5S/c1-14-29(6)38(45(12)40(50)36(27(2)3)43-39(49)37(28(4)5)44(10)11)32(51-13)26-35(48)46-24-18-21-31(46)22-23-33(47)42-34(52-41(7,8)9)25-30-19-16-15-17-20-30/h15-17,19-20,27-29,31-32,34,36-38H,14,18,21-26H2,1-13H3,(H,42,47)(H,43,49)/t29?,31?,32?,34-,36?,37?,38?/m1/s1. The number of hydrogen-bond acceptors (Lipinski definition) is 7. The number of ether oxygens (including phenoxy) is 1. The Balaban J connectivity index is 2.15. The summed E-state index contributed by atoms with van der Waals surface area (Å²) >= 11 is 1.76. The van der Waals surface area contributed by atoms with Gasteiger partial charge < -0.3 is 25.2 Å². The van der Waals surface area contributed by atoms with E-state index < -0.39 is 12.1 Å². The topological polar surface area (TPSA) is 111 Å². The number of amides is 4. The number of carbonyl (C=O) groups is 4. The van der Waals surface area contributed by atoms with Gasteiger partial charge >= 0.3 is 0 Å². The minimum Gasteiger partial charge on any atom is -0.379 e. The molecule has 296 valence electrons. The van der Waals surface area contributed by atoms with Gasteiger partial charge in [0.15, 0.2) is 0 Å². The predicted molar refractivity (Wildman–Crippen MR) is 214 cm³/mol. The van der Waals surface area contributed by atoms with Crippen LogP contribution in [0.1, 0.15) is 106 Å². The van der Waals surface area contributed by atoms with E-state index in [-0.39, 0.29) is 76.0 Å². The largest absolute Gasteiger partial charge is 0.379 e. The third-order valence-electron chi connectivity index (χ3n) is 10.3.